The van der Waals surface area contributed by atoms with Crippen LogP contribution in [0.4, 0.5) is 4.39 Å². The Morgan fingerprint density at radius 1 is 1.33 bits per heavy atom. The van der Waals surface area contributed by atoms with E-state index < -0.39 is 0 Å². The molecule has 0 radical (unpaired) electrons. The first kappa shape index (κ1) is 15.9. The van der Waals surface area contributed by atoms with Gasteiger partial charge >= 0.3 is 0 Å². The highest BCUT2D eigenvalue weighted by molar-refractivity contribution is 9.10. The van der Waals surface area contributed by atoms with E-state index in [0.29, 0.717) is 16.7 Å². The summed E-state index contributed by atoms with van der Waals surface area (Å²) in [4.78, 5) is 14.5. The molecule has 0 aliphatic rings. The second kappa shape index (κ2) is 6.95. The van der Waals surface area contributed by atoms with Crippen LogP contribution >= 0.6 is 15.9 Å². The third-order valence-corrected chi connectivity index (χ3v) is 3.68. The van der Waals surface area contributed by atoms with Crippen molar-refractivity contribution in [1.82, 2.24) is 14.7 Å². The minimum absolute atomic E-state index is 0.0373. The summed E-state index contributed by atoms with van der Waals surface area (Å²) in [6, 6.07) is 5.98. The van der Waals surface area contributed by atoms with E-state index in [-0.39, 0.29) is 18.0 Å². The van der Waals surface area contributed by atoms with Crippen LogP contribution in [0.1, 0.15) is 16.1 Å². The molecule has 1 aromatic carbocycles. The lowest BCUT2D eigenvalue weighted by molar-refractivity contribution is 0.0981. The van der Waals surface area contributed by atoms with Crippen molar-refractivity contribution in [3.05, 3.63) is 52.0 Å². The summed E-state index contributed by atoms with van der Waals surface area (Å²) < 4.78 is 15.3. The first-order valence-corrected chi connectivity index (χ1v) is 7.40. The molecule has 4 nitrogen and oxygen atoms in total. The van der Waals surface area contributed by atoms with Gasteiger partial charge < -0.3 is 4.90 Å². The lowest BCUT2D eigenvalue weighted by atomic mass is 10.1. The molecular formula is C15H17BrFN3O. The Labute approximate surface area is 131 Å². The summed E-state index contributed by atoms with van der Waals surface area (Å²) in [7, 11) is 3.94. The third kappa shape index (κ3) is 4.22. The van der Waals surface area contributed by atoms with Crippen molar-refractivity contribution in [3.8, 4) is 0 Å². The Morgan fingerprint density at radius 2 is 2.00 bits per heavy atom. The molecule has 2 rings (SSSR count). The number of aromatic nitrogens is 2. The summed E-state index contributed by atoms with van der Waals surface area (Å²) in [5, 5.41) is 4.23. The van der Waals surface area contributed by atoms with Gasteiger partial charge in [-0.05, 0) is 47.7 Å². The molecule has 0 spiro atoms. The largest absolute Gasteiger partial charge is 0.308 e. The molecule has 21 heavy (non-hydrogen) atoms. The quantitative estimate of drug-likeness (QED) is 0.749. The molecule has 6 heteroatoms. The number of halogens is 2. The zero-order chi connectivity index (χ0) is 15.4. The Kier molecular flexibility index (Phi) is 5.25. The predicted octanol–water partition coefficient (Wildman–Crippen LogP) is 2.77. The van der Waals surface area contributed by atoms with Gasteiger partial charge in [-0.15, -0.1) is 0 Å². The number of Topliss-reactive ketones (excluding diaryl/α,β-unsaturated/α-hetero) is 1. The zero-order valence-corrected chi connectivity index (χ0v) is 13.6. The molecule has 0 unspecified atom stereocenters. The van der Waals surface area contributed by atoms with Crippen LogP contribution in [0.15, 0.2) is 34.9 Å². The Hall–Kier alpha value is -1.53. The van der Waals surface area contributed by atoms with E-state index in [9.17, 15) is 9.18 Å². The fraction of sp³-hybridized carbons (Fsp3) is 0.333. The summed E-state index contributed by atoms with van der Waals surface area (Å²) in [5.74, 6) is -0.340. The van der Waals surface area contributed by atoms with E-state index in [1.54, 1.807) is 23.0 Å². The molecule has 112 valence electrons. The van der Waals surface area contributed by atoms with Crippen molar-refractivity contribution in [2.45, 2.75) is 13.0 Å². The highest BCUT2D eigenvalue weighted by Crippen LogP contribution is 2.18. The van der Waals surface area contributed by atoms with Gasteiger partial charge in [0.05, 0.1) is 17.2 Å². The number of likely N-dealkylation sites (N-methyl/N-ethyl adjacent to an activating group) is 1. The van der Waals surface area contributed by atoms with Gasteiger partial charge in [0, 0.05) is 13.0 Å². The van der Waals surface area contributed by atoms with Gasteiger partial charge in [0.15, 0.2) is 5.78 Å². The van der Waals surface area contributed by atoms with Crippen molar-refractivity contribution < 1.29 is 9.18 Å². The smallest absolute Gasteiger partial charge is 0.186 e. The second-order valence-electron chi connectivity index (χ2n) is 5.09. The molecule has 0 fully saturated rings. The molecule has 0 saturated carbocycles. The van der Waals surface area contributed by atoms with E-state index in [2.05, 4.69) is 21.0 Å². The third-order valence-electron chi connectivity index (χ3n) is 3.10. The lowest BCUT2D eigenvalue weighted by Gasteiger charge is -2.11. The van der Waals surface area contributed by atoms with Crippen LogP contribution in [-0.2, 0) is 13.0 Å². The molecule has 0 atom stereocenters. The average molecular weight is 354 g/mol. The standard InChI is InChI=1S/C15H17BrFN3O/c1-19(2)7-8-20-15(13(16)10-18-20)14(21)9-11-3-5-12(17)6-4-11/h3-6,10H,7-9H2,1-2H3. The van der Waals surface area contributed by atoms with Gasteiger partial charge in [-0.1, -0.05) is 12.1 Å². The average Bonchev–Trinajstić information content (AvgIpc) is 2.80. The topological polar surface area (TPSA) is 38.1 Å². The monoisotopic (exact) mass is 353 g/mol. The Bertz CT molecular complexity index is 622. The molecule has 2 aromatic rings. The van der Waals surface area contributed by atoms with E-state index in [1.165, 1.54) is 12.1 Å². The van der Waals surface area contributed by atoms with Crippen LogP contribution in [-0.4, -0.2) is 41.1 Å². The fourth-order valence-corrected chi connectivity index (χ4v) is 2.49. The number of carbonyl (C=O) groups excluding carboxylic acids is 1. The summed E-state index contributed by atoms with van der Waals surface area (Å²) in [5.41, 5.74) is 1.34. The van der Waals surface area contributed by atoms with Gasteiger partial charge in [0.25, 0.3) is 0 Å². The number of hydrogen-bond donors (Lipinski definition) is 0. The molecule has 0 saturated heterocycles. The van der Waals surface area contributed by atoms with E-state index in [0.717, 1.165) is 12.1 Å². The number of carbonyl (C=O) groups is 1. The van der Waals surface area contributed by atoms with Crippen LogP contribution in [0.2, 0.25) is 0 Å². The normalized spacial score (nSPS) is 11.1. The van der Waals surface area contributed by atoms with Gasteiger partial charge in [0.2, 0.25) is 0 Å². The maximum Gasteiger partial charge on any atom is 0.186 e. The van der Waals surface area contributed by atoms with Crippen molar-refractivity contribution in [1.29, 1.82) is 0 Å². The van der Waals surface area contributed by atoms with Crippen molar-refractivity contribution in [2.75, 3.05) is 20.6 Å². The second-order valence-corrected chi connectivity index (χ2v) is 5.95. The van der Waals surface area contributed by atoms with Gasteiger partial charge in [-0.25, -0.2) is 4.39 Å². The molecule has 0 N–H and O–H groups in total. The first-order valence-electron chi connectivity index (χ1n) is 6.61. The highest BCUT2D eigenvalue weighted by Gasteiger charge is 2.17. The zero-order valence-electron chi connectivity index (χ0n) is 12.0. The minimum atomic E-state index is -0.302. The Morgan fingerprint density at radius 3 is 2.62 bits per heavy atom. The first-order chi connectivity index (χ1) is 9.97. The van der Waals surface area contributed by atoms with Gasteiger partial charge in [-0.2, -0.15) is 5.10 Å². The maximum absolute atomic E-state index is 12.9. The number of nitrogens with zero attached hydrogens (tertiary/aromatic N) is 3. The van der Waals surface area contributed by atoms with Crippen molar-refractivity contribution in [2.24, 2.45) is 0 Å². The molecule has 0 amide bonds. The van der Waals surface area contributed by atoms with E-state index >= 15 is 0 Å². The number of hydrogen-bond acceptors (Lipinski definition) is 3. The summed E-state index contributed by atoms with van der Waals surface area (Å²) >= 11 is 3.37. The molecular weight excluding hydrogens is 337 g/mol. The molecule has 0 aliphatic heterocycles. The number of benzene rings is 1. The maximum atomic E-state index is 12.9. The van der Waals surface area contributed by atoms with Crippen LogP contribution < -0.4 is 0 Å². The van der Waals surface area contributed by atoms with Crippen LogP contribution in [0.5, 0.6) is 0 Å². The molecule has 0 bridgehead atoms. The Balaban J connectivity index is 2.14. The van der Waals surface area contributed by atoms with Crippen molar-refractivity contribution in [3.63, 3.8) is 0 Å². The van der Waals surface area contributed by atoms with Gasteiger partial charge in [0.1, 0.15) is 11.5 Å². The van der Waals surface area contributed by atoms with Crippen LogP contribution in [0.25, 0.3) is 0 Å². The van der Waals surface area contributed by atoms with Gasteiger partial charge in [-0.3, -0.25) is 9.48 Å². The highest BCUT2D eigenvalue weighted by atomic mass is 79.9. The number of ketones is 1. The van der Waals surface area contributed by atoms with Crippen LogP contribution in [0.3, 0.4) is 0 Å². The summed E-state index contributed by atoms with van der Waals surface area (Å²) in [6.45, 7) is 1.44. The molecule has 1 aromatic heterocycles. The summed E-state index contributed by atoms with van der Waals surface area (Å²) in [6.07, 6.45) is 1.86. The lowest BCUT2D eigenvalue weighted by Crippen LogP contribution is -2.22. The van der Waals surface area contributed by atoms with Crippen molar-refractivity contribution >= 4 is 21.7 Å². The minimum Gasteiger partial charge on any atom is -0.308 e. The van der Waals surface area contributed by atoms with E-state index in [1.807, 2.05) is 19.0 Å². The van der Waals surface area contributed by atoms with E-state index in [4.69, 9.17) is 0 Å². The molecule has 1 heterocycles. The van der Waals surface area contributed by atoms with Crippen LogP contribution in [0, 0.1) is 5.82 Å². The number of rotatable bonds is 6. The SMILES string of the molecule is CN(C)CCn1ncc(Br)c1C(=O)Cc1ccc(F)cc1. The fourth-order valence-electron chi connectivity index (χ4n) is 1.98. The predicted molar refractivity (Wildman–Crippen MR) is 82.9 cm³/mol. The molecule has 0 aliphatic carbocycles.